The van der Waals surface area contributed by atoms with Gasteiger partial charge < -0.3 is 5.32 Å². The van der Waals surface area contributed by atoms with Gasteiger partial charge in [-0.15, -0.1) is 11.6 Å². The van der Waals surface area contributed by atoms with Crippen LogP contribution in [-0.4, -0.2) is 16.9 Å². The predicted molar refractivity (Wildman–Crippen MR) is 60.1 cm³/mol. The largest absolute Gasteiger partial charge is 0.367 e. The molecule has 1 aromatic rings. The summed E-state index contributed by atoms with van der Waals surface area (Å²) in [5, 5.41) is 3.56. The molecule has 1 aromatic heterocycles. The maximum absolute atomic E-state index is 13.3. The molecule has 15 heavy (non-hydrogen) atoms. The van der Waals surface area contributed by atoms with Crippen molar-refractivity contribution in [1.82, 2.24) is 4.98 Å². The van der Waals surface area contributed by atoms with E-state index in [4.69, 9.17) is 23.2 Å². The lowest BCUT2D eigenvalue weighted by atomic mass is 9.85. The van der Waals surface area contributed by atoms with Crippen molar-refractivity contribution in [2.24, 2.45) is 5.92 Å². The molecule has 1 N–H and O–H groups in total. The molecule has 1 aliphatic rings. The average molecular weight is 249 g/mol. The molecule has 0 aromatic carbocycles. The minimum atomic E-state index is -0.413. The molecule has 0 radical (unpaired) electrons. The van der Waals surface area contributed by atoms with Gasteiger partial charge in [0, 0.05) is 18.1 Å². The number of nitrogens with zero attached hydrogens (tertiary/aromatic N) is 1. The molecule has 0 aliphatic heterocycles. The minimum absolute atomic E-state index is 0.262. The fourth-order valence-electron chi connectivity index (χ4n) is 1.61. The lowest BCUT2D eigenvalue weighted by molar-refractivity contribution is 0.341. The molecule has 0 atom stereocenters. The third kappa shape index (κ3) is 2.73. The van der Waals surface area contributed by atoms with E-state index < -0.39 is 5.82 Å². The number of alkyl halides is 1. The zero-order valence-corrected chi connectivity index (χ0v) is 9.52. The second kappa shape index (κ2) is 4.54. The van der Waals surface area contributed by atoms with Crippen molar-refractivity contribution in [2.75, 3.05) is 11.9 Å². The Kier molecular flexibility index (Phi) is 3.32. The first-order valence-electron chi connectivity index (χ1n) is 4.84. The van der Waals surface area contributed by atoms with E-state index in [1.807, 2.05) is 0 Å². The third-order valence-electron chi connectivity index (χ3n) is 2.54. The Morgan fingerprint density at radius 3 is 2.87 bits per heavy atom. The van der Waals surface area contributed by atoms with Gasteiger partial charge in [-0.3, -0.25) is 0 Å². The standard InChI is InChI=1S/C10H11Cl2FN2/c11-7-1-6(2-7)4-14-10-9(13)3-8(12)5-15-10/h3,5-7H,1-2,4H2,(H,14,15). The molecular weight excluding hydrogens is 238 g/mol. The molecule has 0 bridgehead atoms. The quantitative estimate of drug-likeness (QED) is 0.831. The molecule has 1 heterocycles. The van der Waals surface area contributed by atoms with E-state index in [2.05, 4.69) is 10.3 Å². The summed E-state index contributed by atoms with van der Waals surface area (Å²) >= 11 is 11.4. The molecule has 1 fully saturated rings. The van der Waals surface area contributed by atoms with Crippen LogP contribution in [0, 0.1) is 11.7 Å². The van der Waals surface area contributed by atoms with Gasteiger partial charge in [-0.25, -0.2) is 9.37 Å². The molecule has 2 rings (SSSR count). The average Bonchev–Trinajstić information content (AvgIpc) is 2.13. The first-order chi connectivity index (χ1) is 7.15. The van der Waals surface area contributed by atoms with Crippen LogP contribution < -0.4 is 5.32 Å². The molecule has 0 unspecified atom stereocenters. The molecule has 1 aliphatic carbocycles. The van der Waals surface area contributed by atoms with E-state index in [1.54, 1.807) is 0 Å². The van der Waals surface area contributed by atoms with Gasteiger partial charge in [-0.1, -0.05) is 11.6 Å². The Bertz CT molecular complexity index is 353. The molecule has 0 spiro atoms. The maximum Gasteiger partial charge on any atom is 0.166 e. The second-order valence-corrected chi connectivity index (χ2v) is 4.85. The Morgan fingerprint density at radius 2 is 2.27 bits per heavy atom. The maximum atomic E-state index is 13.3. The SMILES string of the molecule is Fc1cc(Cl)cnc1NCC1CC(Cl)C1. The fourth-order valence-corrected chi connectivity index (χ4v) is 2.26. The number of rotatable bonds is 3. The Labute approximate surface area is 97.8 Å². The molecule has 0 amide bonds. The smallest absolute Gasteiger partial charge is 0.166 e. The Balaban J connectivity index is 1.88. The van der Waals surface area contributed by atoms with Gasteiger partial charge in [0.2, 0.25) is 0 Å². The van der Waals surface area contributed by atoms with E-state index in [-0.39, 0.29) is 5.82 Å². The number of hydrogen-bond donors (Lipinski definition) is 1. The van der Waals surface area contributed by atoms with Crippen molar-refractivity contribution in [1.29, 1.82) is 0 Å². The monoisotopic (exact) mass is 248 g/mol. The van der Waals surface area contributed by atoms with Crippen LogP contribution in [0.3, 0.4) is 0 Å². The summed E-state index contributed by atoms with van der Waals surface area (Å²) in [5.41, 5.74) is 0. The van der Waals surface area contributed by atoms with Gasteiger partial charge >= 0.3 is 0 Å². The Morgan fingerprint density at radius 1 is 1.53 bits per heavy atom. The van der Waals surface area contributed by atoms with Crippen molar-refractivity contribution in [3.8, 4) is 0 Å². The highest BCUT2D eigenvalue weighted by Gasteiger charge is 2.26. The van der Waals surface area contributed by atoms with E-state index in [0.29, 0.717) is 16.3 Å². The summed E-state index contributed by atoms with van der Waals surface area (Å²) in [6, 6.07) is 1.25. The van der Waals surface area contributed by atoms with Crippen LogP contribution in [0.15, 0.2) is 12.3 Å². The Hall–Kier alpha value is -0.540. The summed E-state index contributed by atoms with van der Waals surface area (Å²) in [4.78, 5) is 3.88. The highest BCUT2D eigenvalue weighted by atomic mass is 35.5. The molecular formula is C10H11Cl2FN2. The van der Waals surface area contributed by atoms with Crippen LogP contribution in [0.25, 0.3) is 0 Å². The van der Waals surface area contributed by atoms with Gasteiger partial charge in [0.15, 0.2) is 11.6 Å². The van der Waals surface area contributed by atoms with Gasteiger partial charge in [0.25, 0.3) is 0 Å². The van der Waals surface area contributed by atoms with E-state index >= 15 is 0 Å². The van der Waals surface area contributed by atoms with Gasteiger partial charge in [0.05, 0.1) is 5.02 Å². The predicted octanol–water partition coefficient (Wildman–Crippen LogP) is 3.30. The topological polar surface area (TPSA) is 24.9 Å². The number of aromatic nitrogens is 1. The first kappa shape index (κ1) is 11.0. The van der Waals surface area contributed by atoms with Gasteiger partial charge in [0.1, 0.15) is 0 Å². The van der Waals surface area contributed by atoms with Gasteiger partial charge in [-0.05, 0) is 24.8 Å². The first-order valence-corrected chi connectivity index (χ1v) is 5.65. The van der Waals surface area contributed by atoms with E-state index in [0.717, 1.165) is 19.4 Å². The zero-order valence-electron chi connectivity index (χ0n) is 8.01. The molecule has 5 heteroatoms. The summed E-state index contributed by atoms with van der Waals surface area (Å²) in [7, 11) is 0. The van der Waals surface area contributed by atoms with Crippen LogP contribution in [-0.2, 0) is 0 Å². The van der Waals surface area contributed by atoms with E-state index in [1.165, 1.54) is 12.3 Å². The number of hydrogen-bond acceptors (Lipinski definition) is 2. The summed E-state index contributed by atoms with van der Waals surface area (Å²) in [6.07, 6.45) is 3.41. The van der Waals surface area contributed by atoms with Crippen LogP contribution in [0.5, 0.6) is 0 Å². The normalized spacial score (nSPS) is 24.7. The molecule has 2 nitrogen and oxygen atoms in total. The van der Waals surface area contributed by atoms with Crippen LogP contribution in [0.1, 0.15) is 12.8 Å². The van der Waals surface area contributed by atoms with Crippen molar-refractivity contribution in [3.05, 3.63) is 23.1 Å². The summed E-state index contributed by atoms with van der Waals surface area (Å²) in [5.74, 6) is 0.381. The van der Waals surface area contributed by atoms with Gasteiger partial charge in [-0.2, -0.15) is 0 Å². The van der Waals surface area contributed by atoms with Crippen LogP contribution in [0.4, 0.5) is 10.2 Å². The number of halogens is 3. The van der Waals surface area contributed by atoms with Crippen LogP contribution in [0.2, 0.25) is 5.02 Å². The fraction of sp³-hybridized carbons (Fsp3) is 0.500. The molecule has 0 saturated heterocycles. The summed E-state index contributed by atoms with van der Waals surface area (Å²) < 4.78 is 13.3. The number of nitrogens with one attached hydrogen (secondary N) is 1. The minimum Gasteiger partial charge on any atom is -0.367 e. The van der Waals surface area contributed by atoms with Crippen molar-refractivity contribution in [2.45, 2.75) is 18.2 Å². The summed E-state index contributed by atoms with van der Waals surface area (Å²) in [6.45, 7) is 0.717. The van der Waals surface area contributed by atoms with Crippen molar-refractivity contribution < 1.29 is 4.39 Å². The lowest BCUT2D eigenvalue weighted by Gasteiger charge is -2.31. The van der Waals surface area contributed by atoms with Crippen molar-refractivity contribution >= 4 is 29.0 Å². The lowest BCUT2D eigenvalue weighted by Crippen LogP contribution is -2.30. The van der Waals surface area contributed by atoms with Crippen molar-refractivity contribution in [3.63, 3.8) is 0 Å². The number of anilines is 1. The molecule has 1 saturated carbocycles. The number of pyridine rings is 1. The highest BCUT2D eigenvalue weighted by Crippen LogP contribution is 2.31. The van der Waals surface area contributed by atoms with E-state index in [9.17, 15) is 4.39 Å². The molecule has 82 valence electrons. The second-order valence-electron chi connectivity index (χ2n) is 3.80. The highest BCUT2D eigenvalue weighted by molar-refractivity contribution is 6.30. The van der Waals surface area contributed by atoms with Crippen LogP contribution >= 0.6 is 23.2 Å². The third-order valence-corrected chi connectivity index (χ3v) is 3.11. The zero-order chi connectivity index (χ0) is 10.8.